The molecule has 0 amide bonds. The lowest BCUT2D eigenvalue weighted by Crippen LogP contribution is -2.14. The zero-order valence-electron chi connectivity index (χ0n) is 11.2. The monoisotopic (exact) mass is 259 g/mol. The zero-order chi connectivity index (χ0) is 13.8. The molecule has 0 saturated heterocycles. The van der Waals surface area contributed by atoms with Gasteiger partial charge < -0.3 is 10.5 Å². The molecule has 2 nitrogen and oxygen atoms in total. The average Bonchev–Trinajstić information content (AvgIpc) is 2.38. The average molecular weight is 259 g/mol. The lowest BCUT2D eigenvalue weighted by atomic mass is 9.97. The Labute approximate surface area is 113 Å². The number of halogens is 1. The number of rotatable bonds is 4. The summed E-state index contributed by atoms with van der Waals surface area (Å²) < 4.78 is 18.5. The van der Waals surface area contributed by atoms with Crippen molar-refractivity contribution in [2.75, 3.05) is 7.11 Å². The maximum atomic E-state index is 13.2. The van der Waals surface area contributed by atoms with E-state index in [-0.39, 0.29) is 11.9 Å². The number of benzene rings is 2. The summed E-state index contributed by atoms with van der Waals surface area (Å²) in [5.74, 6) is 0.537. The summed E-state index contributed by atoms with van der Waals surface area (Å²) in [6.07, 6.45) is 0.581. The Kier molecular flexibility index (Phi) is 4.17. The molecule has 0 saturated carbocycles. The summed E-state index contributed by atoms with van der Waals surface area (Å²) in [6, 6.07) is 12.2. The molecule has 0 aliphatic heterocycles. The minimum atomic E-state index is -0.235. The summed E-state index contributed by atoms with van der Waals surface area (Å²) in [5, 5.41) is 0. The second kappa shape index (κ2) is 5.85. The van der Waals surface area contributed by atoms with Crippen molar-refractivity contribution >= 4 is 0 Å². The second-order valence-electron chi connectivity index (χ2n) is 4.69. The normalized spacial score (nSPS) is 12.2. The number of aryl methyl sites for hydroxylation is 1. The van der Waals surface area contributed by atoms with E-state index in [1.807, 2.05) is 31.2 Å². The smallest absolute Gasteiger partial charge is 0.123 e. The molecule has 100 valence electrons. The quantitative estimate of drug-likeness (QED) is 0.913. The van der Waals surface area contributed by atoms with Gasteiger partial charge in [0.1, 0.15) is 11.6 Å². The van der Waals surface area contributed by atoms with E-state index >= 15 is 0 Å². The van der Waals surface area contributed by atoms with Crippen molar-refractivity contribution in [3.8, 4) is 5.75 Å². The van der Waals surface area contributed by atoms with E-state index in [0.29, 0.717) is 6.42 Å². The van der Waals surface area contributed by atoms with Gasteiger partial charge in [-0.05, 0) is 37.1 Å². The molecule has 0 spiro atoms. The van der Waals surface area contributed by atoms with Gasteiger partial charge in [0.05, 0.1) is 7.11 Å². The van der Waals surface area contributed by atoms with Crippen molar-refractivity contribution in [3.05, 3.63) is 65.0 Å². The van der Waals surface area contributed by atoms with Gasteiger partial charge in [0.15, 0.2) is 0 Å². The van der Waals surface area contributed by atoms with Gasteiger partial charge in [-0.2, -0.15) is 0 Å². The van der Waals surface area contributed by atoms with Crippen LogP contribution in [0.15, 0.2) is 42.5 Å². The van der Waals surface area contributed by atoms with Gasteiger partial charge in [-0.15, -0.1) is 0 Å². The van der Waals surface area contributed by atoms with E-state index in [0.717, 1.165) is 22.4 Å². The number of methoxy groups -OCH3 is 1. The van der Waals surface area contributed by atoms with Crippen LogP contribution >= 0.6 is 0 Å². The molecule has 19 heavy (non-hydrogen) atoms. The highest BCUT2D eigenvalue weighted by Crippen LogP contribution is 2.27. The van der Waals surface area contributed by atoms with Gasteiger partial charge in [0.25, 0.3) is 0 Å². The Bertz CT molecular complexity index is 568. The van der Waals surface area contributed by atoms with Crippen molar-refractivity contribution in [2.24, 2.45) is 5.73 Å². The lowest BCUT2D eigenvalue weighted by Gasteiger charge is -2.16. The largest absolute Gasteiger partial charge is 0.496 e. The lowest BCUT2D eigenvalue weighted by molar-refractivity contribution is 0.405. The first-order valence-electron chi connectivity index (χ1n) is 6.24. The molecule has 0 bridgehead atoms. The molecule has 0 heterocycles. The SMILES string of the molecule is COc1ccc(C)cc1C(N)Cc1cccc(F)c1. The highest BCUT2D eigenvalue weighted by atomic mass is 19.1. The van der Waals surface area contributed by atoms with Crippen molar-refractivity contribution in [1.29, 1.82) is 0 Å². The third-order valence-corrected chi connectivity index (χ3v) is 3.13. The minimum Gasteiger partial charge on any atom is -0.496 e. The summed E-state index contributed by atoms with van der Waals surface area (Å²) in [7, 11) is 1.63. The molecule has 2 N–H and O–H groups in total. The van der Waals surface area contributed by atoms with Crippen LogP contribution in [0, 0.1) is 12.7 Å². The van der Waals surface area contributed by atoms with Gasteiger partial charge in [0.2, 0.25) is 0 Å². The van der Waals surface area contributed by atoms with E-state index in [2.05, 4.69) is 0 Å². The Morgan fingerprint density at radius 1 is 1.21 bits per heavy atom. The van der Waals surface area contributed by atoms with Crippen molar-refractivity contribution in [2.45, 2.75) is 19.4 Å². The molecular formula is C16H18FNO. The first-order chi connectivity index (χ1) is 9.10. The number of hydrogen-bond acceptors (Lipinski definition) is 2. The van der Waals surface area contributed by atoms with Crippen LogP contribution in [0.4, 0.5) is 4.39 Å². The summed E-state index contributed by atoms with van der Waals surface area (Å²) in [6.45, 7) is 2.01. The Morgan fingerprint density at radius 3 is 2.68 bits per heavy atom. The molecule has 3 heteroatoms. The van der Waals surface area contributed by atoms with Crippen LogP contribution in [0.25, 0.3) is 0 Å². The molecule has 0 aliphatic rings. The Hall–Kier alpha value is -1.87. The van der Waals surface area contributed by atoms with Crippen LogP contribution in [0.5, 0.6) is 5.75 Å². The Morgan fingerprint density at radius 2 is 2.00 bits per heavy atom. The molecule has 2 rings (SSSR count). The molecule has 0 aromatic heterocycles. The maximum Gasteiger partial charge on any atom is 0.123 e. The van der Waals surface area contributed by atoms with E-state index in [4.69, 9.17) is 10.5 Å². The van der Waals surface area contributed by atoms with E-state index < -0.39 is 0 Å². The van der Waals surface area contributed by atoms with Gasteiger partial charge in [-0.3, -0.25) is 0 Å². The van der Waals surface area contributed by atoms with Gasteiger partial charge in [-0.1, -0.05) is 29.8 Å². The zero-order valence-corrected chi connectivity index (χ0v) is 11.2. The second-order valence-corrected chi connectivity index (χ2v) is 4.69. The molecule has 0 fully saturated rings. The van der Waals surface area contributed by atoms with E-state index in [1.54, 1.807) is 13.2 Å². The van der Waals surface area contributed by atoms with Crippen LogP contribution in [-0.4, -0.2) is 7.11 Å². The fraction of sp³-hybridized carbons (Fsp3) is 0.250. The predicted octanol–water partition coefficient (Wildman–Crippen LogP) is 3.39. The molecule has 0 radical (unpaired) electrons. The topological polar surface area (TPSA) is 35.2 Å². The number of nitrogens with two attached hydrogens (primary N) is 1. The third kappa shape index (κ3) is 3.32. The highest BCUT2D eigenvalue weighted by molar-refractivity contribution is 5.39. The molecule has 1 unspecified atom stereocenters. The van der Waals surface area contributed by atoms with Gasteiger partial charge >= 0.3 is 0 Å². The van der Waals surface area contributed by atoms with Crippen LogP contribution in [-0.2, 0) is 6.42 Å². The van der Waals surface area contributed by atoms with Crippen LogP contribution in [0.3, 0.4) is 0 Å². The number of hydrogen-bond donors (Lipinski definition) is 1. The molecule has 2 aromatic rings. The minimum absolute atomic E-state index is 0.211. The van der Waals surface area contributed by atoms with Crippen molar-refractivity contribution in [3.63, 3.8) is 0 Å². The first kappa shape index (κ1) is 13.6. The fourth-order valence-corrected chi connectivity index (χ4v) is 2.17. The van der Waals surface area contributed by atoms with Crippen molar-refractivity contribution < 1.29 is 9.13 Å². The van der Waals surface area contributed by atoms with Crippen LogP contribution in [0.2, 0.25) is 0 Å². The van der Waals surface area contributed by atoms with Crippen LogP contribution < -0.4 is 10.5 Å². The first-order valence-corrected chi connectivity index (χ1v) is 6.24. The van der Waals surface area contributed by atoms with E-state index in [9.17, 15) is 4.39 Å². The van der Waals surface area contributed by atoms with Crippen molar-refractivity contribution in [1.82, 2.24) is 0 Å². The number of ether oxygens (including phenoxy) is 1. The maximum absolute atomic E-state index is 13.2. The van der Waals surface area contributed by atoms with Crippen LogP contribution in [0.1, 0.15) is 22.7 Å². The standard InChI is InChI=1S/C16H18FNO/c1-11-6-7-16(19-2)14(8-11)15(18)10-12-4-3-5-13(17)9-12/h3-9,15H,10,18H2,1-2H3. The summed E-state index contributed by atoms with van der Waals surface area (Å²) in [4.78, 5) is 0. The Balaban J connectivity index is 2.24. The fourth-order valence-electron chi connectivity index (χ4n) is 2.17. The highest BCUT2D eigenvalue weighted by Gasteiger charge is 2.13. The van der Waals surface area contributed by atoms with Gasteiger partial charge in [0, 0.05) is 11.6 Å². The summed E-state index contributed by atoms with van der Waals surface area (Å²) >= 11 is 0. The van der Waals surface area contributed by atoms with Gasteiger partial charge in [-0.25, -0.2) is 4.39 Å². The molecule has 1 atom stereocenters. The molecular weight excluding hydrogens is 241 g/mol. The predicted molar refractivity (Wildman–Crippen MR) is 74.8 cm³/mol. The molecule has 0 aliphatic carbocycles. The summed E-state index contributed by atoms with van der Waals surface area (Å²) in [5.41, 5.74) is 9.19. The van der Waals surface area contributed by atoms with E-state index in [1.165, 1.54) is 12.1 Å². The third-order valence-electron chi connectivity index (χ3n) is 3.13. The molecule has 2 aromatic carbocycles.